The number of ether oxygens (including phenoxy) is 1. The van der Waals surface area contributed by atoms with Crippen LogP contribution in [0.3, 0.4) is 0 Å². The lowest BCUT2D eigenvalue weighted by molar-refractivity contribution is 0.277. The Morgan fingerprint density at radius 2 is 1.94 bits per heavy atom. The number of benzene rings is 1. The number of likely N-dealkylation sites (N-methyl/N-ethyl adjacent to an activating group) is 1. The predicted octanol–water partition coefficient (Wildman–Crippen LogP) is 4.57. The van der Waals surface area contributed by atoms with Gasteiger partial charge in [-0.2, -0.15) is 15.0 Å². The van der Waals surface area contributed by atoms with Crippen LogP contribution in [0.25, 0.3) is 0 Å². The lowest BCUT2D eigenvalue weighted by Gasteiger charge is -2.23. The molecule has 178 valence electrons. The van der Waals surface area contributed by atoms with Crippen LogP contribution in [-0.4, -0.2) is 58.7 Å². The highest BCUT2D eigenvalue weighted by Gasteiger charge is 2.23. The van der Waals surface area contributed by atoms with Gasteiger partial charge in [-0.25, -0.2) is 4.39 Å². The van der Waals surface area contributed by atoms with E-state index in [0.717, 1.165) is 38.9 Å². The molecule has 1 fully saturated rings. The van der Waals surface area contributed by atoms with Crippen molar-refractivity contribution in [3.05, 3.63) is 36.2 Å². The monoisotopic (exact) mass is 455 g/mol. The molecule has 2 heterocycles. The Morgan fingerprint density at radius 1 is 1.09 bits per heavy atom. The first-order valence-electron chi connectivity index (χ1n) is 11.9. The van der Waals surface area contributed by atoms with Crippen LogP contribution >= 0.6 is 0 Å². The molecule has 2 aromatic rings. The van der Waals surface area contributed by atoms with Gasteiger partial charge in [-0.1, -0.05) is 25.5 Å². The largest absolute Gasteiger partial charge is 0.494 e. The van der Waals surface area contributed by atoms with Crippen molar-refractivity contribution in [1.29, 1.82) is 0 Å². The standard InChI is InChI=1S/C24H34FN7O/c1-3-32-14-8-11-19(32)16-26-22-29-23(27-17-9-6-4-5-7-10-17)31-24(30-22)28-18-12-13-21(33-2)20(25)15-18/h6,9,12-13,15,17,19H,3-5,7-8,10-11,14,16H2,1-2H3,(H3,26,27,28,29,30,31). The van der Waals surface area contributed by atoms with Gasteiger partial charge in [0.2, 0.25) is 17.8 Å². The number of allylic oxidation sites excluding steroid dienone is 1. The Bertz CT molecular complexity index is 954. The summed E-state index contributed by atoms with van der Waals surface area (Å²) in [6.07, 6.45) is 11.3. The molecule has 33 heavy (non-hydrogen) atoms. The second-order valence-corrected chi connectivity index (χ2v) is 8.55. The van der Waals surface area contributed by atoms with E-state index < -0.39 is 5.82 Å². The summed E-state index contributed by atoms with van der Waals surface area (Å²) in [4.78, 5) is 16.2. The van der Waals surface area contributed by atoms with Crippen molar-refractivity contribution < 1.29 is 9.13 Å². The number of methoxy groups -OCH3 is 1. The van der Waals surface area contributed by atoms with Crippen molar-refractivity contribution in [3.63, 3.8) is 0 Å². The lowest BCUT2D eigenvalue weighted by atomic mass is 10.1. The molecule has 0 amide bonds. The molecule has 0 radical (unpaired) electrons. The van der Waals surface area contributed by atoms with Crippen molar-refractivity contribution in [3.8, 4) is 5.75 Å². The second kappa shape index (κ2) is 11.3. The second-order valence-electron chi connectivity index (χ2n) is 8.55. The number of hydrogen-bond acceptors (Lipinski definition) is 8. The zero-order valence-electron chi connectivity index (χ0n) is 19.5. The molecule has 0 saturated carbocycles. The van der Waals surface area contributed by atoms with Gasteiger partial charge in [0.25, 0.3) is 0 Å². The van der Waals surface area contributed by atoms with Crippen molar-refractivity contribution >= 4 is 23.5 Å². The maximum atomic E-state index is 14.2. The third kappa shape index (κ3) is 6.31. The maximum absolute atomic E-state index is 14.2. The first-order chi connectivity index (χ1) is 16.1. The van der Waals surface area contributed by atoms with Gasteiger partial charge in [-0.3, -0.25) is 4.90 Å². The highest BCUT2D eigenvalue weighted by molar-refractivity contribution is 5.57. The van der Waals surface area contributed by atoms with E-state index in [1.807, 2.05) is 0 Å². The number of anilines is 4. The van der Waals surface area contributed by atoms with E-state index in [0.29, 0.717) is 29.6 Å². The number of rotatable bonds is 9. The number of hydrogen-bond donors (Lipinski definition) is 3. The maximum Gasteiger partial charge on any atom is 0.233 e. The lowest BCUT2D eigenvalue weighted by Crippen LogP contribution is -2.35. The minimum absolute atomic E-state index is 0.180. The molecule has 4 rings (SSSR count). The van der Waals surface area contributed by atoms with E-state index in [1.165, 1.54) is 32.4 Å². The quantitative estimate of drug-likeness (QED) is 0.474. The number of aromatic nitrogens is 3. The molecule has 1 aromatic heterocycles. The zero-order chi connectivity index (χ0) is 23.0. The number of likely N-dealkylation sites (tertiary alicyclic amines) is 1. The van der Waals surface area contributed by atoms with Crippen molar-refractivity contribution in [1.82, 2.24) is 19.9 Å². The van der Waals surface area contributed by atoms with Gasteiger partial charge in [0, 0.05) is 30.4 Å². The van der Waals surface area contributed by atoms with Crippen LogP contribution in [0.1, 0.15) is 45.4 Å². The van der Waals surface area contributed by atoms with E-state index in [2.05, 4.69) is 54.9 Å². The van der Waals surface area contributed by atoms with Crippen LogP contribution in [-0.2, 0) is 0 Å². The summed E-state index contributed by atoms with van der Waals surface area (Å²) in [7, 11) is 1.44. The average molecular weight is 456 g/mol. The van der Waals surface area contributed by atoms with Gasteiger partial charge >= 0.3 is 0 Å². The molecular weight excluding hydrogens is 421 g/mol. The Kier molecular flexibility index (Phi) is 7.93. The van der Waals surface area contributed by atoms with Gasteiger partial charge < -0.3 is 20.7 Å². The minimum atomic E-state index is -0.447. The molecule has 3 N–H and O–H groups in total. The van der Waals surface area contributed by atoms with E-state index in [4.69, 9.17) is 4.74 Å². The average Bonchev–Trinajstić information content (AvgIpc) is 3.12. The van der Waals surface area contributed by atoms with Gasteiger partial charge in [-0.05, 0) is 57.3 Å². The summed E-state index contributed by atoms with van der Waals surface area (Å²) in [5.74, 6) is 1.11. The summed E-state index contributed by atoms with van der Waals surface area (Å²) >= 11 is 0. The van der Waals surface area contributed by atoms with E-state index >= 15 is 0 Å². The van der Waals surface area contributed by atoms with Crippen molar-refractivity contribution in [2.24, 2.45) is 0 Å². The molecule has 9 heteroatoms. The van der Waals surface area contributed by atoms with E-state index in [9.17, 15) is 4.39 Å². The number of nitrogens with one attached hydrogen (secondary N) is 3. The van der Waals surface area contributed by atoms with Gasteiger partial charge in [-0.15, -0.1) is 0 Å². The molecule has 0 spiro atoms. The molecule has 1 aliphatic heterocycles. The predicted molar refractivity (Wildman–Crippen MR) is 130 cm³/mol. The third-order valence-corrected chi connectivity index (χ3v) is 6.26. The molecule has 2 aliphatic rings. The Hall–Kier alpha value is -2.94. The van der Waals surface area contributed by atoms with E-state index in [-0.39, 0.29) is 11.8 Å². The summed E-state index contributed by atoms with van der Waals surface area (Å²) < 4.78 is 19.2. The topological polar surface area (TPSA) is 87.2 Å². The molecule has 1 saturated heterocycles. The fourth-order valence-corrected chi connectivity index (χ4v) is 4.47. The zero-order valence-corrected chi connectivity index (χ0v) is 19.5. The van der Waals surface area contributed by atoms with Gasteiger partial charge in [0.05, 0.1) is 7.11 Å². The Labute approximate surface area is 195 Å². The normalized spacial score (nSPS) is 20.9. The van der Waals surface area contributed by atoms with Crippen LogP contribution in [0.5, 0.6) is 5.75 Å². The molecule has 2 unspecified atom stereocenters. The summed E-state index contributed by atoms with van der Waals surface area (Å²) in [6, 6.07) is 5.33. The summed E-state index contributed by atoms with van der Waals surface area (Å²) in [5.41, 5.74) is 0.540. The number of halogens is 1. The van der Waals surface area contributed by atoms with E-state index in [1.54, 1.807) is 12.1 Å². The fraction of sp³-hybridized carbons (Fsp3) is 0.542. The summed E-state index contributed by atoms with van der Waals surface area (Å²) in [5, 5.41) is 9.94. The molecule has 1 aliphatic carbocycles. The first-order valence-corrected chi connectivity index (χ1v) is 11.9. The Balaban J connectivity index is 1.53. The van der Waals surface area contributed by atoms with Crippen LogP contribution in [0, 0.1) is 5.82 Å². The van der Waals surface area contributed by atoms with Gasteiger partial charge in [0.15, 0.2) is 11.6 Å². The highest BCUT2D eigenvalue weighted by Crippen LogP contribution is 2.24. The van der Waals surface area contributed by atoms with Crippen LogP contribution in [0.15, 0.2) is 30.4 Å². The van der Waals surface area contributed by atoms with Gasteiger partial charge in [0.1, 0.15) is 0 Å². The van der Waals surface area contributed by atoms with Crippen molar-refractivity contribution in [2.75, 3.05) is 42.7 Å². The minimum Gasteiger partial charge on any atom is -0.494 e. The molecule has 8 nitrogen and oxygen atoms in total. The molecule has 2 atom stereocenters. The van der Waals surface area contributed by atoms with Crippen LogP contribution < -0.4 is 20.7 Å². The fourth-order valence-electron chi connectivity index (χ4n) is 4.47. The Morgan fingerprint density at radius 3 is 2.76 bits per heavy atom. The smallest absolute Gasteiger partial charge is 0.233 e. The highest BCUT2D eigenvalue weighted by atomic mass is 19.1. The third-order valence-electron chi connectivity index (χ3n) is 6.26. The molecular formula is C24H34FN7O. The van der Waals surface area contributed by atoms with Crippen LogP contribution in [0.2, 0.25) is 0 Å². The van der Waals surface area contributed by atoms with Crippen molar-refractivity contribution in [2.45, 2.75) is 57.5 Å². The first kappa shape index (κ1) is 23.2. The SMILES string of the molecule is CCN1CCCC1CNc1nc(Nc2ccc(OC)c(F)c2)nc(NC2C=CCCCC2)n1. The van der Waals surface area contributed by atoms with Crippen LogP contribution in [0.4, 0.5) is 27.9 Å². The number of nitrogens with zero attached hydrogens (tertiary/aromatic N) is 4. The molecule has 0 bridgehead atoms. The summed E-state index contributed by atoms with van der Waals surface area (Å²) in [6.45, 7) is 5.15. The molecule has 1 aromatic carbocycles.